The number of ether oxygens (including phenoxy) is 1. The number of aliphatic hydroxyl groups excluding tert-OH is 1. The van der Waals surface area contributed by atoms with Crippen LogP contribution in [0, 0.1) is 0 Å². The van der Waals surface area contributed by atoms with Crippen molar-refractivity contribution in [2.45, 2.75) is 45.8 Å². The van der Waals surface area contributed by atoms with Crippen molar-refractivity contribution in [1.82, 2.24) is 4.98 Å². The van der Waals surface area contributed by atoms with E-state index in [1.165, 1.54) is 0 Å². The van der Waals surface area contributed by atoms with Crippen LogP contribution >= 0.6 is 0 Å². The van der Waals surface area contributed by atoms with Crippen molar-refractivity contribution >= 4 is 11.5 Å². The predicted octanol–water partition coefficient (Wildman–Crippen LogP) is 2.02. The zero-order chi connectivity index (χ0) is 13.8. The number of hydrogen-bond acceptors (Lipinski definition) is 5. The topological polar surface area (TPSA) is 80.4 Å². The van der Waals surface area contributed by atoms with E-state index in [1.54, 1.807) is 12.1 Å². The average molecular weight is 253 g/mol. The zero-order valence-corrected chi connectivity index (χ0v) is 11.5. The number of aliphatic hydroxyl groups is 1. The summed E-state index contributed by atoms with van der Waals surface area (Å²) in [5.41, 5.74) is 6.01. The number of rotatable bonds is 5. The summed E-state index contributed by atoms with van der Waals surface area (Å²) >= 11 is 0. The highest BCUT2D eigenvalue weighted by molar-refractivity contribution is 5.54. The van der Waals surface area contributed by atoms with E-state index >= 15 is 0 Å². The molecule has 1 rings (SSSR count). The number of pyridine rings is 1. The second-order valence-corrected chi connectivity index (χ2v) is 5.36. The van der Waals surface area contributed by atoms with Gasteiger partial charge in [0.25, 0.3) is 0 Å². The Morgan fingerprint density at radius 1 is 1.44 bits per heavy atom. The Kier molecular flexibility index (Phi) is 4.78. The van der Waals surface area contributed by atoms with Gasteiger partial charge in [-0.2, -0.15) is 4.98 Å². The summed E-state index contributed by atoms with van der Waals surface area (Å²) in [6.07, 6.45) is 0.668. The monoisotopic (exact) mass is 253 g/mol. The lowest BCUT2D eigenvalue weighted by atomic mass is 10.2. The minimum absolute atomic E-state index is 0.147. The van der Waals surface area contributed by atoms with Crippen LogP contribution in [0.1, 0.15) is 34.1 Å². The standard InChI is InChI=1S/C13H23N3O2/c1-9(7-8-17)15-11-6-5-10(14)12(16-11)18-13(2,3)4/h5-6,9,17H,7-8,14H2,1-4H3,(H,15,16). The highest BCUT2D eigenvalue weighted by Gasteiger charge is 2.15. The molecule has 18 heavy (non-hydrogen) atoms. The molecule has 0 spiro atoms. The smallest absolute Gasteiger partial charge is 0.239 e. The predicted molar refractivity (Wildman–Crippen MR) is 73.8 cm³/mol. The fourth-order valence-electron chi connectivity index (χ4n) is 1.42. The first kappa shape index (κ1) is 14.6. The van der Waals surface area contributed by atoms with Gasteiger partial charge >= 0.3 is 0 Å². The third-order valence-electron chi connectivity index (χ3n) is 2.25. The van der Waals surface area contributed by atoms with Crippen LogP contribution in [-0.2, 0) is 0 Å². The number of aromatic nitrogens is 1. The van der Waals surface area contributed by atoms with Crippen LogP contribution in [-0.4, -0.2) is 28.3 Å². The molecule has 1 heterocycles. The van der Waals surface area contributed by atoms with Gasteiger partial charge in [-0.25, -0.2) is 0 Å². The van der Waals surface area contributed by atoms with Gasteiger partial charge < -0.3 is 20.9 Å². The molecule has 5 heteroatoms. The Bertz CT molecular complexity index is 388. The number of anilines is 2. The molecule has 1 atom stereocenters. The van der Waals surface area contributed by atoms with Crippen molar-refractivity contribution < 1.29 is 9.84 Å². The highest BCUT2D eigenvalue weighted by Crippen LogP contribution is 2.25. The average Bonchev–Trinajstić information content (AvgIpc) is 2.21. The van der Waals surface area contributed by atoms with Crippen molar-refractivity contribution in [3.05, 3.63) is 12.1 Å². The van der Waals surface area contributed by atoms with Crippen LogP contribution in [0.2, 0.25) is 0 Å². The third-order valence-corrected chi connectivity index (χ3v) is 2.25. The van der Waals surface area contributed by atoms with Crippen LogP contribution in [0.3, 0.4) is 0 Å². The van der Waals surface area contributed by atoms with E-state index in [4.69, 9.17) is 15.6 Å². The van der Waals surface area contributed by atoms with Crippen LogP contribution in [0.5, 0.6) is 5.88 Å². The molecule has 1 aromatic heterocycles. The molecule has 4 N–H and O–H groups in total. The Labute approximate surface area is 108 Å². The molecule has 0 aliphatic rings. The number of nitrogen functional groups attached to an aromatic ring is 1. The third kappa shape index (κ3) is 4.79. The van der Waals surface area contributed by atoms with Gasteiger partial charge in [0.05, 0.1) is 5.69 Å². The molecule has 1 unspecified atom stereocenters. The minimum atomic E-state index is -0.337. The zero-order valence-electron chi connectivity index (χ0n) is 11.5. The van der Waals surface area contributed by atoms with E-state index in [1.807, 2.05) is 27.7 Å². The molecule has 0 saturated carbocycles. The Morgan fingerprint density at radius 3 is 2.67 bits per heavy atom. The molecule has 5 nitrogen and oxygen atoms in total. The first-order chi connectivity index (χ1) is 8.31. The Balaban J connectivity index is 2.80. The summed E-state index contributed by atoms with van der Waals surface area (Å²) < 4.78 is 5.69. The van der Waals surface area contributed by atoms with Gasteiger partial charge in [-0.15, -0.1) is 0 Å². The van der Waals surface area contributed by atoms with Crippen molar-refractivity contribution in [2.24, 2.45) is 0 Å². The molecule has 102 valence electrons. The fraction of sp³-hybridized carbons (Fsp3) is 0.615. The Morgan fingerprint density at radius 2 is 2.11 bits per heavy atom. The lowest BCUT2D eigenvalue weighted by Gasteiger charge is -2.22. The molecule has 0 aliphatic carbocycles. The lowest BCUT2D eigenvalue weighted by molar-refractivity contribution is 0.125. The quantitative estimate of drug-likeness (QED) is 0.748. The second-order valence-electron chi connectivity index (χ2n) is 5.36. The summed E-state index contributed by atoms with van der Waals surface area (Å²) in [5, 5.41) is 12.1. The van der Waals surface area contributed by atoms with Gasteiger partial charge in [-0.05, 0) is 46.2 Å². The number of hydrogen-bond donors (Lipinski definition) is 3. The number of nitrogens with zero attached hydrogens (tertiary/aromatic N) is 1. The molecule has 0 amide bonds. The van der Waals surface area contributed by atoms with Gasteiger partial charge in [-0.1, -0.05) is 0 Å². The number of nitrogens with two attached hydrogens (primary N) is 1. The second kappa shape index (κ2) is 5.91. The normalized spacial score (nSPS) is 13.2. The summed E-state index contributed by atoms with van der Waals surface area (Å²) in [6, 6.07) is 3.72. The molecule has 0 aliphatic heterocycles. The van der Waals surface area contributed by atoms with Gasteiger partial charge in [0, 0.05) is 12.6 Å². The van der Waals surface area contributed by atoms with E-state index in [0.29, 0.717) is 23.8 Å². The Hall–Kier alpha value is -1.49. The van der Waals surface area contributed by atoms with Crippen molar-refractivity contribution in [2.75, 3.05) is 17.7 Å². The van der Waals surface area contributed by atoms with Crippen LogP contribution in [0.15, 0.2) is 12.1 Å². The molecule has 0 fully saturated rings. The summed E-state index contributed by atoms with van der Waals surface area (Å²) in [6.45, 7) is 7.97. The van der Waals surface area contributed by atoms with Crippen LogP contribution < -0.4 is 15.8 Å². The van der Waals surface area contributed by atoms with Crippen LogP contribution in [0.4, 0.5) is 11.5 Å². The summed E-state index contributed by atoms with van der Waals surface area (Å²) in [5.74, 6) is 1.13. The van der Waals surface area contributed by atoms with E-state index in [2.05, 4.69) is 10.3 Å². The molecular weight excluding hydrogens is 230 g/mol. The van der Waals surface area contributed by atoms with Gasteiger partial charge in [0.2, 0.25) is 5.88 Å². The molecule has 0 saturated heterocycles. The van der Waals surface area contributed by atoms with E-state index in [9.17, 15) is 0 Å². The van der Waals surface area contributed by atoms with Gasteiger partial charge in [0.1, 0.15) is 11.4 Å². The van der Waals surface area contributed by atoms with Gasteiger partial charge in [0.15, 0.2) is 0 Å². The first-order valence-electron chi connectivity index (χ1n) is 6.15. The van der Waals surface area contributed by atoms with Crippen molar-refractivity contribution in [1.29, 1.82) is 0 Å². The van der Waals surface area contributed by atoms with Crippen molar-refractivity contribution in [3.63, 3.8) is 0 Å². The highest BCUT2D eigenvalue weighted by atomic mass is 16.5. The molecule has 0 bridgehead atoms. The first-order valence-corrected chi connectivity index (χ1v) is 6.15. The maximum Gasteiger partial charge on any atom is 0.239 e. The largest absolute Gasteiger partial charge is 0.470 e. The minimum Gasteiger partial charge on any atom is -0.470 e. The molecule has 1 aromatic rings. The van der Waals surface area contributed by atoms with E-state index < -0.39 is 0 Å². The molecule has 0 aromatic carbocycles. The maximum absolute atomic E-state index is 8.86. The molecule has 0 radical (unpaired) electrons. The molecular formula is C13H23N3O2. The SMILES string of the molecule is CC(CCO)Nc1ccc(N)c(OC(C)(C)C)n1. The maximum atomic E-state index is 8.86. The van der Waals surface area contributed by atoms with Crippen molar-refractivity contribution in [3.8, 4) is 5.88 Å². The fourth-order valence-corrected chi connectivity index (χ4v) is 1.42. The van der Waals surface area contributed by atoms with E-state index in [0.717, 1.165) is 0 Å². The summed E-state index contributed by atoms with van der Waals surface area (Å²) in [4.78, 5) is 4.34. The van der Waals surface area contributed by atoms with Crippen LogP contribution in [0.25, 0.3) is 0 Å². The van der Waals surface area contributed by atoms with E-state index in [-0.39, 0.29) is 18.2 Å². The lowest BCUT2D eigenvalue weighted by Crippen LogP contribution is -2.24. The summed E-state index contributed by atoms with van der Waals surface area (Å²) in [7, 11) is 0. The number of nitrogens with one attached hydrogen (secondary N) is 1. The van der Waals surface area contributed by atoms with Gasteiger partial charge in [-0.3, -0.25) is 0 Å².